The number of phenolic OH excluding ortho intramolecular Hbond substituents is 1. The largest absolute Gasteiger partial charge is 0.508 e. The maximum absolute atomic E-state index is 14.8. The Labute approximate surface area is 302 Å². The zero-order valence-electron chi connectivity index (χ0n) is 29.0. The van der Waals surface area contributed by atoms with Crippen molar-refractivity contribution in [3.8, 4) is 17.0 Å². The number of halogens is 1. The van der Waals surface area contributed by atoms with E-state index in [1.165, 1.54) is 17.7 Å². The monoisotopic (exact) mass is 708 g/mol. The molecular formula is C39H41ClN6O5. The van der Waals surface area contributed by atoms with Gasteiger partial charge in [0.2, 0.25) is 0 Å². The van der Waals surface area contributed by atoms with Crippen molar-refractivity contribution in [2.24, 2.45) is 14.1 Å². The molecule has 0 radical (unpaired) electrons. The normalized spacial score (nSPS) is 16.2. The Bertz CT molecular complexity index is 2050. The van der Waals surface area contributed by atoms with Gasteiger partial charge in [-0.2, -0.15) is 5.10 Å². The van der Waals surface area contributed by atoms with Gasteiger partial charge in [-0.15, -0.1) is 0 Å². The summed E-state index contributed by atoms with van der Waals surface area (Å²) in [5.41, 5.74) is 6.28. The summed E-state index contributed by atoms with van der Waals surface area (Å²) < 4.78 is 14.7. The molecule has 264 valence electrons. The molecule has 12 heteroatoms. The Kier molecular flexibility index (Phi) is 9.97. The van der Waals surface area contributed by atoms with Crippen LogP contribution in [0.2, 0.25) is 5.02 Å². The van der Waals surface area contributed by atoms with Crippen molar-refractivity contribution in [1.29, 1.82) is 0 Å². The summed E-state index contributed by atoms with van der Waals surface area (Å²) in [5, 5.41) is 14.8. The quantitative estimate of drug-likeness (QED) is 0.206. The van der Waals surface area contributed by atoms with Gasteiger partial charge in [-0.3, -0.25) is 24.1 Å². The highest BCUT2D eigenvalue weighted by atomic mass is 35.5. The average Bonchev–Trinajstić information content (AvgIpc) is 3.71. The Hall–Kier alpha value is -4.94. The molecule has 2 aliphatic rings. The molecule has 2 aliphatic heterocycles. The Balaban J connectivity index is 1.30. The Morgan fingerprint density at radius 2 is 1.73 bits per heavy atom. The molecule has 4 heterocycles. The lowest BCUT2D eigenvalue weighted by atomic mass is 9.92. The molecule has 3 aromatic carbocycles. The number of methoxy groups -OCH3 is 1. The van der Waals surface area contributed by atoms with Crippen LogP contribution in [0.4, 0.5) is 11.4 Å². The lowest BCUT2D eigenvalue weighted by Gasteiger charge is -2.40. The highest BCUT2D eigenvalue weighted by molar-refractivity contribution is 6.31. The summed E-state index contributed by atoms with van der Waals surface area (Å²) >= 11 is 6.65. The van der Waals surface area contributed by atoms with Crippen molar-refractivity contribution in [2.45, 2.75) is 25.6 Å². The van der Waals surface area contributed by atoms with Gasteiger partial charge in [0.1, 0.15) is 5.75 Å². The zero-order valence-corrected chi connectivity index (χ0v) is 29.7. The number of carbonyl (C=O) groups is 2. The average molecular weight is 709 g/mol. The molecule has 0 bridgehead atoms. The molecule has 2 aromatic heterocycles. The number of carbonyl (C=O) groups excluding carboxylic acids is 2. The van der Waals surface area contributed by atoms with Crippen LogP contribution < -0.4 is 4.90 Å². The first-order valence-electron chi connectivity index (χ1n) is 17.0. The predicted molar refractivity (Wildman–Crippen MR) is 195 cm³/mol. The van der Waals surface area contributed by atoms with Gasteiger partial charge in [0, 0.05) is 87.2 Å². The smallest absolute Gasteiger partial charge is 0.264 e. The van der Waals surface area contributed by atoms with E-state index in [1.807, 2.05) is 22.6 Å². The van der Waals surface area contributed by atoms with Gasteiger partial charge in [0.15, 0.2) is 0 Å². The summed E-state index contributed by atoms with van der Waals surface area (Å²) in [6.45, 7) is 4.40. The first-order valence-corrected chi connectivity index (χ1v) is 17.4. The van der Waals surface area contributed by atoms with Crippen LogP contribution in [0, 0.1) is 0 Å². The zero-order chi connectivity index (χ0) is 35.6. The van der Waals surface area contributed by atoms with Gasteiger partial charge < -0.3 is 24.0 Å². The van der Waals surface area contributed by atoms with Crippen molar-refractivity contribution in [3.05, 3.63) is 118 Å². The lowest BCUT2D eigenvalue weighted by Crippen LogP contribution is -2.52. The minimum absolute atomic E-state index is 0.0398. The lowest BCUT2D eigenvalue weighted by molar-refractivity contribution is 0.0193. The fraction of sp³-hybridized carbons (Fsp3) is 0.308. The van der Waals surface area contributed by atoms with E-state index >= 15 is 0 Å². The first kappa shape index (κ1) is 34.5. The number of aryl methyl sites for hydroxylation is 1. The number of hydrogen-bond donors (Lipinski definition) is 1. The van der Waals surface area contributed by atoms with E-state index in [1.54, 1.807) is 72.5 Å². The molecule has 51 heavy (non-hydrogen) atoms. The van der Waals surface area contributed by atoms with E-state index < -0.39 is 0 Å². The number of benzene rings is 3. The highest BCUT2D eigenvalue weighted by Crippen LogP contribution is 2.36. The van der Waals surface area contributed by atoms with Gasteiger partial charge in [0.25, 0.3) is 11.8 Å². The molecule has 1 saturated heterocycles. The Morgan fingerprint density at radius 1 is 0.980 bits per heavy atom. The van der Waals surface area contributed by atoms with E-state index in [0.29, 0.717) is 64.2 Å². The van der Waals surface area contributed by atoms with E-state index in [4.69, 9.17) is 21.1 Å². The number of anilines is 2. The van der Waals surface area contributed by atoms with Crippen LogP contribution >= 0.6 is 11.6 Å². The molecule has 0 aliphatic carbocycles. The molecule has 5 aromatic rings. The molecule has 2 amide bonds. The molecule has 0 unspecified atom stereocenters. The number of ether oxygens (including phenoxy) is 2. The van der Waals surface area contributed by atoms with Crippen molar-refractivity contribution >= 4 is 34.8 Å². The summed E-state index contributed by atoms with van der Waals surface area (Å²) in [4.78, 5) is 35.4. The van der Waals surface area contributed by atoms with Crippen LogP contribution in [-0.4, -0.2) is 87.1 Å². The third-order valence-corrected chi connectivity index (χ3v) is 10.0. The number of rotatable bonds is 9. The van der Waals surface area contributed by atoms with Crippen LogP contribution in [0.5, 0.6) is 5.75 Å². The van der Waals surface area contributed by atoms with Gasteiger partial charge in [-0.1, -0.05) is 35.9 Å². The number of aromatic nitrogens is 3. The van der Waals surface area contributed by atoms with Crippen LogP contribution in [0.25, 0.3) is 11.3 Å². The maximum atomic E-state index is 14.8. The number of nitrogens with zero attached hydrogens (tertiary/aromatic N) is 6. The van der Waals surface area contributed by atoms with Crippen molar-refractivity contribution in [3.63, 3.8) is 0 Å². The van der Waals surface area contributed by atoms with E-state index in [9.17, 15) is 14.7 Å². The van der Waals surface area contributed by atoms with Crippen molar-refractivity contribution in [1.82, 2.24) is 24.1 Å². The summed E-state index contributed by atoms with van der Waals surface area (Å²) in [6, 6.07) is 21.8. The van der Waals surface area contributed by atoms with E-state index in [-0.39, 0.29) is 30.2 Å². The van der Waals surface area contributed by atoms with Crippen LogP contribution in [0.1, 0.15) is 37.5 Å². The number of amides is 2. The minimum Gasteiger partial charge on any atom is -0.508 e. The molecule has 1 fully saturated rings. The summed E-state index contributed by atoms with van der Waals surface area (Å²) in [5.74, 6) is -0.337. The fourth-order valence-corrected chi connectivity index (χ4v) is 7.34. The number of hydrogen-bond acceptors (Lipinski definition) is 7. The minimum atomic E-state index is -0.323. The number of morpholine rings is 1. The predicted octanol–water partition coefficient (Wildman–Crippen LogP) is 5.81. The van der Waals surface area contributed by atoms with Crippen LogP contribution in [0.15, 0.2) is 85.2 Å². The van der Waals surface area contributed by atoms with Crippen molar-refractivity contribution < 1.29 is 24.2 Å². The maximum Gasteiger partial charge on any atom is 0.264 e. The Morgan fingerprint density at radius 3 is 2.43 bits per heavy atom. The highest BCUT2D eigenvalue weighted by Gasteiger charge is 2.34. The fourth-order valence-electron chi connectivity index (χ4n) is 7.17. The molecule has 0 spiro atoms. The van der Waals surface area contributed by atoms with Gasteiger partial charge in [-0.05, 0) is 66.1 Å². The summed E-state index contributed by atoms with van der Waals surface area (Å²) in [7, 11) is 5.23. The third-order valence-electron chi connectivity index (χ3n) is 9.81. The van der Waals surface area contributed by atoms with E-state index in [2.05, 4.69) is 28.2 Å². The molecule has 11 nitrogen and oxygen atoms in total. The van der Waals surface area contributed by atoms with Gasteiger partial charge >= 0.3 is 0 Å². The van der Waals surface area contributed by atoms with Crippen LogP contribution in [0.3, 0.4) is 0 Å². The second-order valence-electron chi connectivity index (χ2n) is 13.1. The van der Waals surface area contributed by atoms with Gasteiger partial charge in [-0.25, -0.2) is 0 Å². The SMILES string of the molecule is COCc1c(C(=O)N(c2ccc(O)cc2)c2cnn(C)c2)cc(-c2cc(Cl)ccc2C(=O)N2Cc3ccccc3C[C@H]2CN2CCOCC2)n1C. The van der Waals surface area contributed by atoms with Gasteiger partial charge in [0.05, 0.1) is 43.0 Å². The molecule has 7 rings (SSSR count). The van der Waals surface area contributed by atoms with Crippen LogP contribution in [-0.2, 0) is 43.1 Å². The topological polar surface area (TPSA) is 105 Å². The number of aromatic hydroxyl groups is 1. The number of phenols is 1. The molecule has 0 saturated carbocycles. The standard InChI is InChI=1S/C39H41ClN6O5/c1-42-23-31(21-41-42)46(29-9-11-32(47)12-10-29)39(49)35-20-36(43(2)37(35)25-50-3)34-19-28(40)8-13-33(34)38(48)45-22-27-7-5-4-6-26(27)18-30(45)24-44-14-16-51-17-15-44/h4-13,19-21,23,30,47H,14-18,22,24-25H2,1-3H3/t30-/m0/s1. The van der Waals surface area contributed by atoms with E-state index in [0.717, 1.165) is 31.6 Å². The summed E-state index contributed by atoms with van der Waals surface area (Å²) in [6.07, 6.45) is 4.12. The molecular weight excluding hydrogens is 668 g/mol. The molecule has 1 N–H and O–H groups in total. The third kappa shape index (κ3) is 7.02. The molecule has 1 atom stereocenters. The number of fused-ring (bicyclic) bond motifs is 1. The first-order chi connectivity index (χ1) is 24.7. The second kappa shape index (κ2) is 14.7. The second-order valence-corrected chi connectivity index (χ2v) is 13.5. The van der Waals surface area contributed by atoms with Crippen molar-refractivity contribution in [2.75, 3.05) is 44.9 Å².